The van der Waals surface area contributed by atoms with Crippen LogP contribution in [0.25, 0.3) is 0 Å². The van der Waals surface area contributed by atoms with Crippen LogP contribution in [0, 0.1) is 17.0 Å². The van der Waals surface area contributed by atoms with E-state index >= 15 is 0 Å². The minimum atomic E-state index is -4.08. The van der Waals surface area contributed by atoms with Gasteiger partial charge in [-0.15, -0.1) is 0 Å². The van der Waals surface area contributed by atoms with Gasteiger partial charge in [-0.3, -0.25) is 24.0 Å². The summed E-state index contributed by atoms with van der Waals surface area (Å²) in [6.45, 7) is 2.90. The molecule has 38 heavy (non-hydrogen) atoms. The maximum Gasteiger partial charge on any atom is 0.271 e. The van der Waals surface area contributed by atoms with Crippen LogP contribution >= 0.6 is 0 Å². The van der Waals surface area contributed by atoms with Crippen molar-refractivity contribution in [3.05, 3.63) is 63.7 Å². The number of nitro benzene ring substituents is 1. The van der Waals surface area contributed by atoms with Gasteiger partial charge in [-0.05, 0) is 43.9 Å². The summed E-state index contributed by atoms with van der Waals surface area (Å²) in [5.74, 6) is -0.912. The van der Waals surface area contributed by atoms with Crippen molar-refractivity contribution in [2.45, 2.75) is 58.2 Å². The highest BCUT2D eigenvalue weighted by Gasteiger charge is 2.33. The summed E-state index contributed by atoms with van der Waals surface area (Å²) in [6, 6.07) is 10.1. The van der Waals surface area contributed by atoms with E-state index in [1.165, 1.54) is 24.1 Å². The van der Waals surface area contributed by atoms with Crippen molar-refractivity contribution in [3.8, 4) is 5.75 Å². The van der Waals surface area contributed by atoms with Gasteiger partial charge in [0.2, 0.25) is 21.8 Å². The average molecular weight is 547 g/mol. The highest BCUT2D eigenvalue weighted by atomic mass is 32.2. The molecule has 11 nitrogen and oxygen atoms in total. The Morgan fingerprint density at radius 2 is 1.84 bits per heavy atom. The number of sulfonamides is 1. The highest BCUT2D eigenvalue weighted by molar-refractivity contribution is 7.92. The Morgan fingerprint density at radius 1 is 1.18 bits per heavy atom. The molecular formula is C26H34N4O7S. The van der Waals surface area contributed by atoms with Crippen molar-refractivity contribution >= 4 is 33.2 Å². The maximum absolute atomic E-state index is 13.8. The summed E-state index contributed by atoms with van der Waals surface area (Å²) >= 11 is 0. The summed E-state index contributed by atoms with van der Waals surface area (Å²) in [4.78, 5) is 39.0. The van der Waals surface area contributed by atoms with Crippen LogP contribution in [0.1, 0.15) is 43.7 Å². The number of anilines is 1. The molecule has 2 amide bonds. The fraction of sp³-hybridized carbons (Fsp3) is 0.462. The van der Waals surface area contributed by atoms with Crippen molar-refractivity contribution in [2.75, 3.05) is 24.2 Å². The smallest absolute Gasteiger partial charge is 0.271 e. The minimum absolute atomic E-state index is 0.0435. The second-order valence-electron chi connectivity index (χ2n) is 9.50. The molecule has 0 saturated heterocycles. The zero-order valence-corrected chi connectivity index (χ0v) is 22.9. The Morgan fingerprint density at radius 3 is 2.42 bits per heavy atom. The number of benzene rings is 2. The van der Waals surface area contributed by atoms with Gasteiger partial charge in [0.1, 0.15) is 24.0 Å². The van der Waals surface area contributed by atoms with Gasteiger partial charge in [0.15, 0.2) is 0 Å². The largest absolute Gasteiger partial charge is 0.495 e. The number of methoxy groups -OCH3 is 1. The molecule has 1 aliphatic rings. The molecular weight excluding hydrogens is 512 g/mol. The van der Waals surface area contributed by atoms with Crippen LogP contribution < -0.4 is 14.4 Å². The first-order valence-corrected chi connectivity index (χ1v) is 14.2. The molecule has 2 aromatic rings. The van der Waals surface area contributed by atoms with Crippen molar-refractivity contribution in [2.24, 2.45) is 0 Å². The lowest BCUT2D eigenvalue weighted by atomic mass is 10.1. The Kier molecular flexibility index (Phi) is 9.31. The number of amides is 2. The molecule has 0 aliphatic heterocycles. The van der Waals surface area contributed by atoms with Crippen LogP contribution in [0.5, 0.6) is 5.75 Å². The number of nitrogens with zero attached hydrogens (tertiary/aromatic N) is 3. The van der Waals surface area contributed by atoms with Gasteiger partial charge >= 0.3 is 0 Å². The van der Waals surface area contributed by atoms with Gasteiger partial charge in [0.05, 0.1) is 18.3 Å². The molecule has 0 unspecified atom stereocenters. The Bertz CT molecular complexity index is 1290. The zero-order valence-electron chi connectivity index (χ0n) is 22.0. The first-order chi connectivity index (χ1) is 17.9. The van der Waals surface area contributed by atoms with Crippen molar-refractivity contribution in [1.82, 2.24) is 10.2 Å². The molecule has 0 aromatic heterocycles. The van der Waals surface area contributed by atoms with Crippen LogP contribution in [0.15, 0.2) is 42.5 Å². The zero-order chi connectivity index (χ0) is 28.0. The topological polar surface area (TPSA) is 139 Å². The van der Waals surface area contributed by atoms with E-state index in [-0.39, 0.29) is 35.6 Å². The summed E-state index contributed by atoms with van der Waals surface area (Å²) < 4.78 is 31.7. The predicted octanol–water partition coefficient (Wildman–Crippen LogP) is 3.15. The van der Waals surface area contributed by atoms with Crippen molar-refractivity contribution in [3.63, 3.8) is 0 Å². The third-order valence-corrected chi connectivity index (χ3v) is 7.92. The third kappa shape index (κ3) is 7.00. The normalized spacial score (nSPS) is 14.5. The standard InChI is InChI=1S/C26H34N4O7S/c1-18-9-5-6-10-20(18)16-28(19(2)26(32)27-21-11-7-8-12-21)25(31)17-29(38(4,35)36)23-15-22(30(33)34)13-14-24(23)37-3/h5-6,9-10,13-15,19,21H,7-8,11-12,16-17H2,1-4H3,(H,27,32)/t19-/m1/s1. The number of nitrogens with one attached hydrogen (secondary N) is 1. The molecule has 0 spiro atoms. The van der Waals surface area contributed by atoms with Gasteiger partial charge in [-0.1, -0.05) is 37.1 Å². The lowest BCUT2D eigenvalue weighted by molar-refractivity contribution is -0.384. The van der Waals surface area contributed by atoms with E-state index in [1.54, 1.807) is 6.92 Å². The lowest BCUT2D eigenvalue weighted by Crippen LogP contribution is -2.52. The van der Waals surface area contributed by atoms with Gasteiger partial charge in [-0.2, -0.15) is 0 Å². The molecule has 1 saturated carbocycles. The first kappa shape index (κ1) is 28.9. The number of nitro groups is 1. The summed E-state index contributed by atoms with van der Waals surface area (Å²) in [7, 11) is -2.79. The highest BCUT2D eigenvalue weighted by Crippen LogP contribution is 2.34. The van der Waals surface area contributed by atoms with Crippen LogP contribution in [0.2, 0.25) is 0 Å². The number of hydrogen-bond acceptors (Lipinski definition) is 7. The fourth-order valence-corrected chi connectivity index (χ4v) is 5.37. The van der Waals surface area contributed by atoms with E-state index < -0.39 is 33.4 Å². The molecule has 3 rings (SSSR count). The summed E-state index contributed by atoms with van der Waals surface area (Å²) in [5.41, 5.74) is 1.22. The van der Waals surface area contributed by atoms with Gasteiger partial charge in [0.25, 0.3) is 5.69 Å². The van der Waals surface area contributed by atoms with Crippen LogP contribution in [-0.4, -0.2) is 62.0 Å². The van der Waals surface area contributed by atoms with E-state index in [0.29, 0.717) is 0 Å². The number of aryl methyl sites for hydroxylation is 1. The Balaban J connectivity index is 1.98. The molecule has 0 radical (unpaired) electrons. The second-order valence-corrected chi connectivity index (χ2v) is 11.4. The molecule has 0 bridgehead atoms. The van der Waals surface area contributed by atoms with E-state index in [9.17, 15) is 28.1 Å². The van der Waals surface area contributed by atoms with Gasteiger partial charge in [0, 0.05) is 24.7 Å². The van der Waals surface area contributed by atoms with Crippen LogP contribution in [0.3, 0.4) is 0 Å². The van der Waals surface area contributed by atoms with E-state index in [4.69, 9.17) is 4.74 Å². The first-order valence-electron chi connectivity index (χ1n) is 12.4. The summed E-state index contributed by atoms with van der Waals surface area (Å²) in [5, 5.41) is 14.4. The average Bonchev–Trinajstić information content (AvgIpc) is 3.38. The Labute approximate surface area is 223 Å². The molecule has 0 heterocycles. The monoisotopic (exact) mass is 546 g/mol. The lowest BCUT2D eigenvalue weighted by Gasteiger charge is -2.32. The maximum atomic E-state index is 13.8. The third-order valence-electron chi connectivity index (χ3n) is 6.79. The molecule has 2 aromatic carbocycles. The number of hydrogen-bond donors (Lipinski definition) is 1. The number of ether oxygens (including phenoxy) is 1. The van der Waals surface area contributed by atoms with E-state index in [0.717, 1.165) is 53.4 Å². The second kappa shape index (κ2) is 12.2. The van der Waals surface area contributed by atoms with Crippen molar-refractivity contribution < 1.29 is 27.7 Å². The number of rotatable bonds is 11. The van der Waals surface area contributed by atoms with Gasteiger partial charge in [-0.25, -0.2) is 8.42 Å². The summed E-state index contributed by atoms with van der Waals surface area (Å²) in [6.07, 6.45) is 4.71. The van der Waals surface area contributed by atoms with E-state index in [1.807, 2.05) is 31.2 Å². The number of carbonyl (C=O) groups excluding carboxylic acids is 2. The quantitative estimate of drug-likeness (QED) is 0.337. The Hall–Kier alpha value is -3.67. The SMILES string of the molecule is COc1ccc([N+](=O)[O-])cc1N(CC(=O)N(Cc1ccccc1C)[C@H](C)C(=O)NC1CCCC1)S(C)(=O)=O. The van der Waals surface area contributed by atoms with E-state index in [2.05, 4.69) is 5.32 Å². The van der Waals surface area contributed by atoms with Gasteiger partial charge < -0.3 is 15.0 Å². The molecule has 1 aliphatic carbocycles. The predicted molar refractivity (Wildman–Crippen MR) is 143 cm³/mol. The number of non-ortho nitro benzene ring substituents is 1. The molecule has 206 valence electrons. The molecule has 12 heteroatoms. The van der Waals surface area contributed by atoms with Crippen LogP contribution in [-0.2, 0) is 26.2 Å². The molecule has 1 N–H and O–H groups in total. The number of carbonyl (C=O) groups is 2. The minimum Gasteiger partial charge on any atom is -0.495 e. The molecule has 1 fully saturated rings. The molecule has 1 atom stereocenters. The fourth-order valence-electron chi connectivity index (χ4n) is 4.53. The van der Waals surface area contributed by atoms with Crippen LogP contribution in [0.4, 0.5) is 11.4 Å². The van der Waals surface area contributed by atoms with Crippen molar-refractivity contribution in [1.29, 1.82) is 0 Å².